The van der Waals surface area contributed by atoms with E-state index in [1.807, 2.05) is 6.92 Å². The van der Waals surface area contributed by atoms with E-state index < -0.39 is 47.4 Å². The van der Waals surface area contributed by atoms with Gasteiger partial charge in [-0.15, -0.1) is 0 Å². The maximum absolute atomic E-state index is 12.7. The summed E-state index contributed by atoms with van der Waals surface area (Å²) < 4.78 is 33.6. The normalized spacial score (nSPS) is 28.9. The van der Waals surface area contributed by atoms with E-state index in [-0.39, 0.29) is 34.7 Å². The van der Waals surface area contributed by atoms with E-state index in [0.29, 0.717) is 6.61 Å². The molecule has 11 heteroatoms. The van der Waals surface area contributed by atoms with E-state index in [0.717, 1.165) is 0 Å². The van der Waals surface area contributed by atoms with Gasteiger partial charge in [0.25, 0.3) is 0 Å². The quantitative estimate of drug-likeness (QED) is 0.548. The molecule has 0 radical (unpaired) electrons. The average Bonchev–Trinajstić information content (AvgIpc) is 3.02. The number of nitrogens with zero attached hydrogens (tertiary/aromatic N) is 2. The molecule has 2 aliphatic rings. The van der Waals surface area contributed by atoms with Crippen LogP contribution < -0.4 is 10.4 Å². The lowest BCUT2D eigenvalue weighted by molar-refractivity contribution is -0.0601. The fourth-order valence-corrected chi connectivity index (χ4v) is 16.4. The van der Waals surface area contributed by atoms with Gasteiger partial charge in [0, 0.05) is 12.3 Å². The summed E-state index contributed by atoms with van der Waals surface area (Å²) in [5.41, 5.74) is 0.112. The second kappa shape index (κ2) is 10.5. The van der Waals surface area contributed by atoms with Gasteiger partial charge in [0.15, 0.2) is 6.23 Å². The van der Waals surface area contributed by atoms with Crippen molar-refractivity contribution in [3.63, 3.8) is 0 Å². The van der Waals surface area contributed by atoms with E-state index in [2.05, 4.69) is 60.4 Å². The number of aliphatic hydroxyl groups excluding tert-OH is 1. The number of aromatic nitrogens is 2. The van der Waals surface area contributed by atoms with Crippen LogP contribution in [-0.2, 0) is 17.7 Å². The lowest BCUT2D eigenvalue weighted by Gasteiger charge is -2.51. The molecule has 0 bridgehead atoms. The number of hydrogen-bond donors (Lipinski definition) is 1. The van der Waals surface area contributed by atoms with Gasteiger partial charge >= 0.3 is 22.8 Å². The summed E-state index contributed by atoms with van der Waals surface area (Å²) in [6.07, 6.45) is -1.68. The zero-order valence-electron chi connectivity index (χ0n) is 22.0. The third-order valence-corrected chi connectivity index (χ3v) is 17.3. The van der Waals surface area contributed by atoms with Crippen molar-refractivity contribution >= 4 is 17.1 Å². The van der Waals surface area contributed by atoms with E-state index >= 15 is 0 Å². The maximum Gasteiger partial charge on any atom is 0.353 e. The first-order chi connectivity index (χ1) is 15.9. The monoisotopic (exact) mass is 514 g/mol. The van der Waals surface area contributed by atoms with Crippen molar-refractivity contribution in [2.45, 2.75) is 109 Å². The molecule has 1 aromatic rings. The van der Waals surface area contributed by atoms with Gasteiger partial charge in [0.05, 0.1) is 13.2 Å². The maximum atomic E-state index is 12.7. The predicted octanol–water partition coefficient (Wildman–Crippen LogP) is 3.86. The second-order valence-corrected chi connectivity index (χ2v) is 19.3. The molecule has 0 aliphatic carbocycles. The van der Waals surface area contributed by atoms with Crippen molar-refractivity contribution in [1.82, 2.24) is 9.55 Å². The largest absolute Gasteiger partial charge is 0.478 e. The molecule has 1 aromatic heterocycles. The lowest BCUT2D eigenvalue weighted by atomic mass is 10.1. The SMILES string of the molecule is CCOc1ccn(C2O[C@@H]3CO[Si](C(C)C)(C(C)C)O[Si](C(C)C)(C(C)C)O[C@H]3[C@H]2O)c(=O)n1. The van der Waals surface area contributed by atoms with Gasteiger partial charge < -0.3 is 27.5 Å². The number of hydrogen-bond acceptors (Lipinski definition) is 8. The van der Waals surface area contributed by atoms with Crippen LogP contribution in [-0.4, -0.2) is 63.3 Å². The highest BCUT2D eigenvalue weighted by Crippen LogP contribution is 2.48. The van der Waals surface area contributed by atoms with Crippen LogP contribution in [0, 0.1) is 0 Å². The molecule has 2 fully saturated rings. The van der Waals surface area contributed by atoms with Crippen LogP contribution >= 0.6 is 0 Å². The summed E-state index contributed by atoms with van der Waals surface area (Å²) >= 11 is 0. The Labute approximate surface area is 205 Å². The Morgan fingerprint density at radius 2 is 1.68 bits per heavy atom. The van der Waals surface area contributed by atoms with Crippen LogP contribution in [0.3, 0.4) is 0 Å². The first-order valence-electron chi connectivity index (χ1n) is 12.5. The molecule has 3 rings (SSSR count). The van der Waals surface area contributed by atoms with Gasteiger partial charge in [-0.25, -0.2) is 4.79 Å². The average molecular weight is 515 g/mol. The standard InChI is InChI=1S/C23H42N2O7Si2/c1-10-28-19-11-12-25(23(27)24-19)22-20(26)21-18(30-22)13-29-33(14(2)3,15(4)5)32-34(31-21,16(6)7)17(8)9/h11-12,14-18,20-22,26H,10,13H2,1-9H3/t18-,20-,21-,22?/m1/s1. The second-order valence-electron chi connectivity index (χ2n) is 10.5. The number of ether oxygens (including phenoxy) is 2. The minimum Gasteiger partial charge on any atom is -0.478 e. The highest BCUT2D eigenvalue weighted by atomic mass is 28.5. The molecule has 0 saturated carbocycles. The van der Waals surface area contributed by atoms with Gasteiger partial charge in [0.1, 0.15) is 18.3 Å². The molecule has 1 unspecified atom stereocenters. The first kappa shape index (κ1) is 27.5. The lowest BCUT2D eigenvalue weighted by Crippen LogP contribution is -2.65. The van der Waals surface area contributed by atoms with Crippen molar-refractivity contribution in [1.29, 1.82) is 0 Å². The number of aliphatic hydroxyl groups is 1. The van der Waals surface area contributed by atoms with Gasteiger partial charge in [-0.1, -0.05) is 55.4 Å². The zero-order valence-corrected chi connectivity index (χ0v) is 24.0. The van der Waals surface area contributed by atoms with Crippen LogP contribution in [0.2, 0.25) is 22.2 Å². The Kier molecular flexibility index (Phi) is 8.49. The Hall–Kier alpha value is -1.09. The highest BCUT2D eigenvalue weighted by Gasteiger charge is 2.61. The smallest absolute Gasteiger partial charge is 0.353 e. The van der Waals surface area contributed by atoms with Gasteiger partial charge in [0.2, 0.25) is 5.88 Å². The minimum absolute atomic E-state index is 0.125. The van der Waals surface area contributed by atoms with Crippen molar-refractivity contribution < 1.29 is 27.5 Å². The molecule has 34 heavy (non-hydrogen) atoms. The molecule has 1 N–H and O–H groups in total. The van der Waals surface area contributed by atoms with Gasteiger partial charge in [-0.3, -0.25) is 4.57 Å². The summed E-state index contributed by atoms with van der Waals surface area (Å²) in [7, 11) is -5.61. The van der Waals surface area contributed by atoms with Crippen LogP contribution in [0.25, 0.3) is 0 Å². The third kappa shape index (κ3) is 4.80. The molecular weight excluding hydrogens is 472 g/mol. The Balaban J connectivity index is 2.03. The van der Waals surface area contributed by atoms with Crippen LogP contribution in [0.5, 0.6) is 5.88 Å². The topological polar surface area (TPSA) is 101 Å². The highest BCUT2D eigenvalue weighted by molar-refractivity contribution is 6.83. The molecule has 0 spiro atoms. The fourth-order valence-electron chi connectivity index (χ4n) is 5.19. The Morgan fingerprint density at radius 3 is 2.18 bits per heavy atom. The predicted molar refractivity (Wildman–Crippen MR) is 133 cm³/mol. The van der Waals surface area contributed by atoms with Crippen molar-refractivity contribution in [2.75, 3.05) is 13.2 Å². The first-order valence-corrected chi connectivity index (χ1v) is 16.4. The molecule has 4 atom stereocenters. The molecular formula is C23H42N2O7Si2. The molecule has 194 valence electrons. The summed E-state index contributed by atoms with van der Waals surface area (Å²) in [5.74, 6) is 0.242. The summed E-state index contributed by atoms with van der Waals surface area (Å²) in [6.45, 7) is 19.6. The van der Waals surface area contributed by atoms with Gasteiger partial charge in [-0.05, 0) is 29.1 Å². The summed E-state index contributed by atoms with van der Waals surface area (Å²) in [5, 5.41) is 11.3. The summed E-state index contributed by atoms with van der Waals surface area (Å²) in [4.78, 5) is 16.7. The number of rotatable bonds is 7. The molecule has 0 aromatic carbocycles. The van der Waals surface area contributed by atoms with Crippen LogP contribution in [0.15, 0.2) is 17.1 Å². The zero-order chi connectivity index (χ0) is 25.4. The molecule has 2 saturated heterocycles. The molecule has 2 aliphatic heterocycles. The molecule has 9 nitrogen and oxygen atoms in total. The van der Waals surface area contributed by atoms with Crippen LogP contribution in [0.4, 0.5) is 0 Å². The minimum atomic E-state index is -2.90. The van der Waals surface area contributed by atoms with Crippen LogP contribution in [0.1, 0.15) is 68.5 Å². The number of fused-ring (bicyclic) bond motifs is 1. The van der Waals surface area contributed by atoms with E-state index in [9.17, 15) is 9.90 Å². The third-order valence-electron chi connectivity index (χ3n) is 7.01. The summed E-state index contributed by atoms with van der Waals surface area (Å²) in [6, 6.07) is 1.60. The Morgan fingerprint density at radius 1 is 1.09 bits per heavy atom. The fraction of sp³-hybridized carbons (Fsp3) is 0.826. The van der Waals surface area contributed by atoms with E-state index in [4.69, 9.17) is 22.4 Å². The molecule has 3 heterocycles. The van der Waals surface area contributed by atoms with E-state index in [1.165, 1.54) is 4.57 Å². The van der Waals surface area contributed by atoms with Crippen molar-refractivity contribution in [3.8, 4) is 5.88 Å². The Bertz CT molecular complexity index is 876. The van der Waals surface area contributed by atoms with E-state index in [1.54, 1.807) is 12.3 Å². The van der Waals surface area contributed by atoms with Gasteiger partial charge in [-0.2, -0.15) is 4.98 Å². The van der Waals surface area contributed by atoms with Crippen molar-refractivity contribution in [3.05, 3.63) is 22.7 Å². The van der Waals surface area contributed by atoms with Crippen molar-refractivity contribution in [2.24, 2.45) is 0 Å². The molecule has 0 amide bonds.